The number of hydrogen-bond acceptors (Lipinski definition) is 8. The van der Waals surface area contributed by atoms with E-state index in [2.05, 4.69) is 21.3 Å². The summed E-state index contributed by atoms with van der Waals surface area (Å²) >= 11 is 1.90. The van der Waals surface area contributed by atoms with Crippen LogP contribution in [0, 0.1) is 0 Å². The lowest BCUT2D eigenvalue weighted by molar-refractivity contribution is -0.121. The Morgan fingerprint density at radius 2 is 1.44 bits per heavy atom. The Hall–Kier alpha value is -2.67. The van der Waals surface area contributed by atoms with E-state index < -0.39 is 0 Å². The van der Waals surface area contributed by atoms with Crippen LogP contribution in [0.15, 0.2) is 24.3 Å². The highest BCUT2D eigenvalue weighted by atomic mass is 32.2. The molecule has 0 spiro atoms. The number of nitrogens with one attached hydrogen (secondary N) is 4. The molecule has 12 heteroatoms. The van der Waals surface area contributed by atoms with E-state index in [1.807, 2.05) is 11.8 Å². The molecule has 0 aliphatic carbocycles. The maximum atomic E-state index is 12.1. The maximum absolute atomic E-state index is 12.1. The Bertz CT molecular complexity index is 978. The van der Waals surface area contributed by atoms with Crippen molar-refractivity contribution in [2.45, 2.75) is 62.8 Å². The fourth-order valence-electron chi connectivity index (χ4n) is 4.64. The SMILES string of the molecule is CC(=O)c1ccc(C(=O)NCCCOCCOCCOCCCNC(=O)CCCCC2SC[C@@H]3NC(=O)N[C@H]23)cc1. The number of carbonyl (C=O) groups is 4. The van der Waals surface area contributed by atoms with Gasteiger partial charge in [0.2, 0.25) is 5.91 Å². The zero-order valence-corrected chi connectivity index (χ0v) is 24.7. The van der Waals surface area contributed by atoms with E-state index >= 15 is 0 Å². The minimum absolute atomic E-state index is 0.0282. The summed E-state index contributed by atoms with van der Waals surface area (Å²) in [5.41, 5.74) is 1.11. The van der Waals surface area contributed by atoms with Crippen molar-refractivity contribution in [3.05, 3.63) is 35.4 Å². The molecule has 0 radical (unpaired) electrons. The summed E-state index contributed by atoms with van der Waals surface area (Å²) < 4.78 is 16.5. The minimum Gasteiger partial charge on any atom is -0.379 e. The van der Waals surface area contributed by atoms with Crippen molar-refractivity contribution in [1.82, 2.24) is 21.3 Å². The molecule has 228 valence electrons. The zero-order valence-electron chi connectivity index (χ0n) is 23.9. The number of hydrogen-bond donors (Lipinski definition) is 4. The lowest BCUT2D eigenvalue weighted by Gasteiger charge is -2.16. The summed E-state index contributed by atoms with van der Waals surface area (Å²) in [4.78, 5) is 46.8. The molecule has 1 aromatic carbocycles. The first-order valence-electron chi connectivity index (χ1n) is 14.5. The molecule has 3 rings (SSSR count). The first kappa shape index (κ1) is 32.8. The lowest BCUT2D eigenvalue weighted by Crippen LogP contribution is -2.36. The Morgan fingerprint density at radius 3 is 2.10 bits per heavy atom. The highest BCUT2D eigenvalue weighted by molar-refractivity contribution is 8.00. The van der Waals surface area contributed by atoms with Crippen LogP contribution < -0.4 is 21.3 Å². The Morgan fingerprint density at radius 1 is 0.829 bits per heavy atom. The largest absolute Gasteiger partial charge is 0.379 e. The second-order valence-electron chi connectivity index (χ2n) is 10.2. The number of ether oxygens (including phenoxy) is 3. The van der Waals surface area contributed by atoms with Gasteiger partial charge >= 0.3 is 6.03 Å². The molecular formula is C29H44N4O7S. The first-order chi connectivity index (χ1) is 19.9. The standard InChI is InChI=1S/C29H44N4O7S/c1-21(34)22-8-10-23(11-9-22)28(36)31-13-5-15-39-17-19-40-18-16-38-14-4-12-30-26(35)7-3-2-6-25-27-24(20-41-25)32-29(37)33-27/h8-11,24-25,27H,2-7,12-20H2,1H3,(H,30,35)(H,31,36)(H2,32,33,37)/t24-,25?,27-/m0/s1. The van der Waals surface area contributed by atoms with Gasteiger partial charge in [0.15, 0.2) is 5.78 Å². The molecule has 0 saturated carbocycles. The van der Waals surface area contributed by atoms with E-state index in [1.165, 1.54) is 6.92 Å². The van der Waals surface area contributed by atoms with Gasteiger partial charge in [-0.25, -0.2) is 4.79 Å². The van der Waals surface area contributed by atoms with Crippen LogP contribution in [-0.4, -0.2) is 99.4 Å². The monoisotopic (exact) mass is 592 g/mol. The number of unbranched alkanes of at least 4 members (excludes halogenated alkanes) is 1. The fraction of sp³-hybridized carbons (Fsp3) is 0.655. The minimum atomic E-state index is -0.172. The van der Waals surface area contributed by atoms with Gasteiger partial charge in [-0.15, -0.1) is 0 Å². The molecule has 2 aliphatic rings. The molecule has 2 aliphatic heterocycles. The van der Waals surface area contributed by atoms with Crippen LogP contribution in [0.5, 0.6) is 0 Å². The van der Waals surface area contributed by atoms with Crippen molar-refractivity contribution in [2.75, 3.05) is 58.5 Å². The van der Waals surface area contributed by atoms with E-state index in [-0.39, 0.29) is 35.7 Å². The second-order valence-corrected chi connectivity index (χ2v) is 11.4. The van der Waals surface area contributed by atoms with Crippen LogP contribution in [0.1, 0.15) is 66.2 Å². The van der Waals surface area contributed by atoms with E-state index in [0.29, 0.717) is 81.9 Å². The van der Waals surface area contributed by atoms with Crippen LogP contribution in [-0.2, 0) is 19.0 Å². The predicted molar refractivity (Wildman–Crippen MR) is 157 cm³/mol. The molecule has 4 N–H and O–H groups in total. The fourth-order valence-corrected chi connectivity index (χ4v) is 6.18. The van der Waals surface area contributed by atoms with E-state index in [9.17, 15) is 19.2 Å². The summed E-state index contributed by atoms with van der Waals surface area (Å²) in [5, 5.41) is 12.2. The molecule has 0 aromatic heterocycles. The van der Waals surface area contributed by atoms with Crippen molar-refractivity contribution in [2.24, 2.45) is 0 Å². The molecule has 1 aromatic rings. The van der Waals surface area contributed by atoms with E-state index in [4.69, 9.17) is 14.2 Å². The van der Waals surface area contributed by atoms with Crippen molar-refractivity contribution >= 4 is 35.4 Å². The average molecular weight is 593 g/mol. The Labute approximate surface area is 246 Å². The van der Waals surface area contributed by atoms with Gasteiger partial charge in [0, 0.05) is 54.9 Å². The number of rotatable bonds is 21. The third-order valence-electron chi connectivity index (χ3n) is 6.92. The van der Waals surface area contributed by atoms with Crippen molar-refractivity contribution < 1.29 is 33.4 Å². The smallest absolute Gasteiger partial charge is 0.315 e. The van der Waals surface area contributed by atoms with Gasteiger partial charge in [-0.2, -0.15) is 11.8 Å². The average Bonchev–Trinajstić information content (AvgIpc) is 3.52. The molecule has 2 saturated heterocycles. The summed E-state index contributed by atoms with van der Waals surface area (Å²) in [6, 6.07) is 7.01. The van der Waals surface area contributed by atoms with Crippen LogP contribution in [0.4, 0.5) is 4.79 Å². The zero-order chi connectivity index (χ0) is 29.3. The number of fused-ring (bicyclic) bond motifs is 1. The van der Waals surface area contributed by atoms with Gasteiger partial charge in [0.25, 0.3) is 5.91 Å². The normalized spacial score (nSPS) is 19.3. The lowest BCUT2D eigenvalue weighted by atomic mass is 10.0. The quantitative estimate of drug-likeness (QED) is 0.0967. The molecule has 0 bridgehead atoms. The van der Waals surface area contributed by atoms with Crippen LogP contribution >= 0.6 is 11.8 Å². The summed E-state index contributed by atoms with van der Waals surface area (Å²) in [7, 11) is 0. The summed E-state index contributed by atoms with van der Waals surface area (Å²) in [6.07, 6.45) is 4.83. The molecule has 11 nitrogen and oxygen atoms in total. The van der Waals surface area contributed by atoms with Gasteiger partial charge in [-0.1, -0.05) is 18.6 Å². The number of thioether (sulfide) groups is 1. The van der Waals surface area contributed by atoms with Crippen molar-refractivity contribution in [3.63, 3.8) is 0 Å². The Kier molecular flexibility index (Phi) is 15.0. The molecule has 2 fully saturated rings. The maximum Gasteiger partial charge on any atom is 0.315 e. The number of ketones is 1. The number of carbonyl (C=O) groups excluding carboxylic acids is 4. The number of Topliss-reactive ketones (excluding diaryl/α,β-unsaturated/α-hetero) is 1. The number of amides is 4. The number of urea groups is 1. The van der Waals surface area contributed by atoms with Gasteiger partial charge in [-0.05, 0) is 44.7 Å². The molecule has 4 amide bonds. The van der Waals surface area contributed by atoms with E-state index in [0.717, 1.165) is 31.4 Å². The molecule has 3 atom stereocenters. The molecule has 1 unspecified atom stereocenters. The molecule has 2 heterocycles. The summed E-state index contributed by atoms with van der Waals surface area (Å²) in [5.74, 6) is 0.835. The van der Waals surface area contributed by atoms with Gasteiger partial charge in [0.1, 0.15) is 0 Å². The third kappa shape index (κ3) is 12.4. The van der Waals surface area contributed by atoms with Gasteiger partial charge in [-0.3, -0.25) is 14.4 Å². The third-order valence-corrected chi connectivity index (χ3v) is 8.43. The van der Waals surface area contributed by atoms with Crippen molar-refractivity contribution in [3.8, 4) is 0 Å². The van der Waals surface area contributed by atoms with Crippen LogP contribution in [0.2, 0.25) is 0 Å². The van der Waals surface area contributed by atoms with Crippen LogP contribution in [0.25, 0.3) is 0 Å². The highest BCUT2D eigenvalue weighted by Gasteiger charge is 2.42. The Balaban J connectivity index is 1.02. The van der Waals surface area contributed by atoms with Crippen LogP contribution in [0.3, 0.4) is 0 Å². The predicted octanol–water partition coefficient (Wildman–Crippen LogP) is 2.29. The van der Waals surface area contributed by atoms with Gasteiger partial charge < -0.3 is 35.5 Å². The van der Waals surface area contributed by atoms with E-state index in [1.54, 1.807) is 24.3 Å². The van der Waals surface area contributed by atoms with Crippen molar-refractivity contribution in [1.29, 1.82) is 0 Å². The highest BCUT2D eigenvalue weighted by Crippen LogP contribution is 2.33. The molecular weight excluding hydrogens is 548 g/mol. The summed E-state index contributed by atoms with van der Waals surface area (Å²) in [6.45, 7) is 5.59. The molecule has 41 heavy (non-hydrogen) atoms. The first-order valence-corrected chi connectivity index (χ1v) is 15.6. The topological polar surface area (TPSA) is 144 Å². The number of benzene rings is 1. The second kappa shape index (κ2) is 18.7. The van der Waals surface area contributed by atoms with Gasteiger partial charge in [0.05, 0.1) is 38.5 Å².